The molecule has 0 unspecified atom stereocenters. The molecule has 0 aliphatic heterocycles. The van der Waals surface area contributed by atoms with E-state index in [9.17, 15) is 25.5 Å². The van der Waals surface area contributed by atoms with Crippen LogP contribution >= 0.6 is 0 Å². The van der Waals surface area contributed by atoms with E-state index in [1.807, 2.05) is 0 Å². The van der Waals surface area contributed by atoms with Gasteiger partial charge in [0.2, 0.25) is 0 Å². The van der Waals surface area contributed by atoms with Gasteiger partial charge < -0.3 is 25.5 Å². The molecule has 13 atom stereocenters. The minimum atomic E-state index is -1.07. The average molecular weight is 465 g/mol. The van der Waals surface area contributed by atoms with Crippen molar-refractivity contribution in [3.63, 3.8) is 0 Å². The Labute approximate surface area is 200 Å². The highest BCUT2D eigenvalue weighted by Gasteiger charge is 2.70. The standard InChI is InChI=1S/C28H48O5/c1-16(18(3)15-29)6-7-17(2)20-13-22(31)25-27(20,5)11-9-24-26(4)10-8-19(30)12-21(26)23(32)14-28(24,25)33/h6-7,16-25,29-33H,8-15H2,1-5H3/b7-6+/t16-,17+,18-,19+,20-,21-,22-,23+,24-,25-,26+,27-,28+/m1/s1. The number of fused-ring (bicyclic) bond motifs is 5. The van der Waals surface area contributed by atoms with Crippen LogP contribution in [0.3, 0.4) is 0 Å². The Morgan fingerprint density at radius 2 is 1.58 bits per heavy atom. The van der Waals surface area contributed by atoms with Crippen LogP contribution in [0.1, 0.15) is 79.6 Å². The smallest absolute Gasteiger partial charge is 0.0763 e. The van der Waals surface area contributed by atoms with Crippen LogP contribution in [0.2, 0.25) is 0 Å². The molecule has 190 valence electrons. The molecular formula is C28H48O5. The Kier molecular flexibility index (Phi) is 6.90. The summed E-state index contributed by atoms with van der Waals surface area (Å²) < 4.78 is 0. The van der Waals surface area contributed by atoms with Gasteiger partial charge in [0.15, 0.2) is 0 Å². The van der Waals surface area contributed by atoms with Crippen molar-refractivity contribution in [1.82, 2.24) is 0 Å². The molecule has 4 aliphatic rings. The number of hydrogen-bond donors (Lipinski definition) is 5. The minimum Gasteiger partial charge on any atom is -0.396 e. The maximum Gasteiger partial charge on any atom is 0.0763 e. The molecule has 0 amide bonds. The third-order valence-corrected chi connectivity index (χ3v) is 11.3. The lowest BCUT2D eigenvalue weighted by molar-refractivity contribution is -0.263. The highest BCUT2D eigenvalue weighted by Crippen LogP contribution is 2.69. The maximum atomic E-state index is 12.3. The van der Waals surface area contributed by atoms with E-state index in [0.717, 1.165) is 25.7 Å². The number of hydrogen-bond acceptors (Lipinski definition) is 5. The topological polar surface area (TPSA) is 101 Å². The summed E-state index contributed by atoms with van der Waals surface area (Å²) in [5.74, 6) is 0.872. The van der Waals surface area contributed by atoms with Gasteiger partial charge in [-0.2, -0.15) is 0 Å². The zero-order valence-electron chi connectivity index (χ0n) is 21.3. The van der Waals surface area contributed by atoms with Gasteiger partial charge in [-0.25, -0.2) is 0 Å². The fourth-order valence-electron chi connectivity index (χ4n) is 9.18. The summed E-state index contributed by atoms with van der Waals surface area (Å²) in [6.07, 6.45) is 7.95. The molecule has 0 saturated heterocycles. The monoisotopic (exact) mass is 464 g/mol. The van der Waals surface area contributed by atoms with E-state index in [4.69, 9.17) is 0 Å². The van der Waals surface area contributed by atoms with Crippen molar-refractivity contribution in [1.29, 1.82) is 0 Å². The first kappa shape index (κ1) is 25.6. The lowest BCUT2D eigenvalue weighted by Gasteiger charge is -2.66. The molecular weight excluding hydrogens is 416 g/mol. The van der Waals surface area contributed by atoms with Crippen molar-refractivity contribution in [2.75, 3.05) is 6.61 Å². The first-order valence-corrected chi connectivity index (χ1v) is 13.4. The number of aliphatic hydroxyl groups is 5. The Hall–Kier alpha value is -0.460. The van der Waals surface area contributed by atoms with Crippen LogP contribution in [-0.2, 0) is 0 Å². The van der Waals surface area contributed by atoms with E-state index < -0.39 is 17.8 Å². The molecule has 33 heavy (non-hydrogen) atoms. The van der Waals surface area contributed by atoms with Crippen molar-refractivity contribution >= 4 is 0 Å². The predicted molar refractivity (Wildman–Crippen MR) is 129 cm³/mol. The van der Waals surface area contributed by atoms with E-state index in [2.05, 4.69) is 46.8 Å². The molecule has 0 aromatic heterocycles. The summed E-state index contributed by atoms with van der Waals surface area (Å²) in [4.78, 5) is 0. The van der Waals surface area contributed by atoms with Gasteiger partial charge in [0.05, 0.1) is 23.9 Å². The van der Waals surface area contributed by atoms with E-state index in [1.54, 1.807) is 0 Å². The summed E-state index contributed by atoms with van der Waals surface area (Å²) in [6.45, 7) is 11.1. The first-order valence-electron chi connectivity index (χ1n) is 13.4. The number of aliphatic hydroxyl groups excluding tert-OH is 4. The van der Waals surface area contributed by atoms with Crippen LogP contribution in [-0.4, -0.2) is 56.1 Å². The summed E-state index contributed by atoms with van der Waals surface area (Å²) in [7, 11) is 0. The maximum absolute atomic E-state index is 12.3. The Balaban J connectivity index is 1.61. The fraction of sp³-hybridized carbons (Fsp3) is 0.929. The third-order valence-electron chi connectivity index (χ3n) is 11.3. The van der Waals surface area contributed by atoms with Crippen LogP contribution < -0.4 is 0 Å². The molecule has 0 bridgehead atoms. The van der Waals surface area contributed by atoms with Crippen LogP contribution in [0.4, 0.5) is 0 Å². The second-order valence-corrected chi connectivity index (χ2v) is 13.1. The quantitative estimate of drug-likeness (QED) is 0.401. The largest absolute Gasteiger partial charge is 0.396 e. The SMILES string of the molecule is C[C@H](/C=C/[C@H](C)[C@H]1C[C@@H](O)[C@@H]2[C@]1(C)CC[C@@H]1[C@@]3(C)CC[C@H](O)C[C@@H]3[C@@H](O)C[C@]12O)[C@H](C)CO. The molecule has 0 aromatic carbocycles. The van der Waals surface area contributed by atoms with E-state index in [1.165, 1.54) is 0 Å². The van der Waals surface area contributed by atoms with Crippen LogP contribution in [0.15, 0.2) is 12.2 Å². The van der Waals surface area contributed by atoms with E-state index in [-0.39, 0.29) is 59.0 Å². The second kappa shape index (κ2) is 8.89. The van der Waals surface area contributed by atoms with Gasteiger partial charge in [-0.1, -0.05) is 46.8 Å². The van der Waals surface area contributed by atoms with Crippen LogP contribution in [0.25, 0.3) is 0 Å². The van der Waals surface area contributed by atoms with Crippen molar-refractivity contribution in [3.8, 4) is 0 Å². The molecule has 0 aromatic rings. The summed E-state index contributed by atoms with van der Waals surface area (Å²) >= 11 is 0. The number of allylic oxidation sites excluding steroid dienone is 2. The molecule has 5 N–H and O–H groups in total. The minimum absolute atomic E-state index is 0.0158. The van der Waals surface area contributed by atoms with Gasteiger partial charge >= 0.3 is 0 Å². The lowest BCUT2D eigenvalue weighted by atomic mass is 9.42. The molecule has 0 spiro atoms. The highest BCUT2D eigenvalue weighted by molar-refractivity contribution is 5.20. The molecule has 5 heteroatoms. The Bertz CT molecular complexity index is 740. The van der Waals surface area contributed by atoms with Gasteiger partial charge in [-0.05, 0) is 84.9 Å². The average Bonchev–Trinajstić information content (AvgIpc) is 3.03. The van der Waals surface area contributed by atoms with Gasteiger partial charge in [0.25, 0.3) is 0 Å². The van der Waals surface area contributed by atoms with Crippen LogP contribution in [0, 0.1) is 52.3 Å². The molecule has 0 heterocycles. The Morgan fingerprint density at radius 1 is 0.909 bits per heavy atom. The van der Waals surface area contributed by atoms with E-state index in [0.29, 0.717) is 25.2 Å². The second-order valence-electron chi connectivity index (χ2n) is 13.1. The zero-order chi connectivity index (χ0) is 24.3. The van der Waals surface area contributed by atoms with Crippen molar-refractivity contribution in [2.24, 2.45) is 52.3 Å². The van der Waals surface area contributed by atoms with Crippen molar-refractivity contribution in [2.45, 2.75) is 103 Å². The summed E-state index contributed by atoms with van der Waals surface area (Å²) in [5.41, 5.74) is -1.46. The third kappa shape index (κ3) is 3.94. The lowest BCUT2D eigenvalue weighted by Crippen LogP contribution is -2.68. The highest BCUT2D eigenvalue weighted by atomic mass is 16.3. The molecule has 4 saturated carbocycles. The summed E-state index contributed by atoms with van der Waals surface area (Å²) in [5, 5.41) is 54.6. The summed E-state index contributed by atoms with van der Waals surface area (Å²) in [6, 6.07) is 0. The van der Waals surface area contributed by atoms with Gasteiger partial charge in [-0.15, -0.1) is 0 Å². The van der Waals surface area contributed by atoms with Gasteiger partial charge in [-0.3, -0.25) is 0 Å². The van der Waals surface area contributed by atoms with Crippen molar-refractivity contribution in [3.05, 3.63) is 12.2 Å². The molecule has 4 aliphatic carbocycles. The van der Waals surface area contributed by atoms with Crippen molar-refractivity contribution < 1.29 is 25.5 Å². The molecule has 4 fully saturated rings. The molecule has 4 rings (SSSR count). The zero-order valence-corrected chi connectivity index (χ0v) is 21.3. The Morgan fingerprint density at radius 3 is 2.24 bits per heavy atom. The first-order chi connectivity index (χ1) is 15.4. The normalized spacial score (nSPS) is 52.6. The van der Waals surface area contributed by atoms with Gasteiger partial charge in [0.1, 0.15) is 0 Å². The number of rotatable bonds is 5. The fourth-order valence-corrected chi connectivity index (χ4v) is 9.18. The predicted octanol–water partition coefficient (Wildman–Crippen LogP) is 3.52. The molecule has 0 radical (unpaired) electrons. The van der Waals surface area contributed by atoms with Crippen LogP contribution in [0.5, 0.6) is 0 Å². The molecule has 5 nitrogen and oxygen atoms in total. The van der Waals surface area contributed by atoms with Gasteiger partial charge in [0, 0.05) is 18.9 Å². The van der Waals surface area contributed by atoms with E-state index >= 15 is 0 Å².